The van der Waals surface area contributed by atoms with Crippen molar-refractivity contribution in [3.8, 4) is 11.5 Å². The van der Waals surface area contributed by atoms with E-state index in [-0.39, 0.29) is 18.3 Å². The van der Waals surface area contributed by atoms with E-state index in [1.807, 2.05) is 48.3 Å². The molecule has 1 aliphatic rings. The van der Waals surface area contributed by atoms with Crippen molar-refractivity contribution in [2.24, 2.45) is 0 Å². The van der Waals surface area contributed by atoms with Gasteiger partial charge in [0.2, 0.25) is 0 Å². The Morgan fingerprint density at radius 1 is 1.20 bits per heavy atom. The first-order chi connectivity index (χ1) is 11.7. The number of ether oxygens (including phenoxy) is 1. The molecule has 1 saturated heterocycles. The van der Waals surface area contributed by atoms with Gasteiger partial charge in [0, 0.05) is 29.7 Å². The third kappa shape index (κ3) is 5.11. The van der Waals surface area contributed by atoms with Crippen LogP contribution in [-0.2, 0) is 0 Å². The van der Waals surface area contributed by atoms with Crippen molar-refractivity contribution < 1.29 is 9.53 Å². The summed E-state index contributed by atoms with van der Waals surface area (Å²) < 4.78 is 5.75. The molecule has 0 aromatic heterocycles. The van der Waals surface area contributed by atoms with Crippen LogP contribution in [0.5, 0.6) is 11.5 Å². The number of benzene rings is 2. The van der Waals surface area contributed by atoms with Gasteiger partial charge in [0.1, 0.15) is 11.5 Å². The van der Waals surface area contributed by atoms with Gasteiger partial charge in [-0.25, -0.2) is 0 Å². The number of likely N-dealkylation sites (tertiary alicyclic amines) is 1. The van der Waals surface area contributed by atoms with Gasteiger partial charge in [-0.3, -0.25) is 4.79 Å². The first-order valence-electron chi connectivity index (χ1n) is 8.16. The van der Waals surface area contributed by atoms with Crippen LogP contribution in [-0.4, -0.2) is 37.0 Å². The molecule has 1 N–H and O–H groups in total. The number of amides is 1. The molecule has 6 heteroatoms. The molecule has 0 spiro atoms. The second-order valence-electron chi connectivity index (χ2n) is 5.96. The second kappa shape index (κ2) is 9.09. The number of hydrogen-bond donors (Lipinski definition) is 1. The molecule has 0 aliphatic carbocycles. The smallest absolute Gasteiger partial charge is 0.253 e. The lowest BCUT2D eigenvalue weighted by molar-refractivity contribution is 0.0698. The minimum absolute atomic E-state index is 0. The van der Waals surface area contributed by atoms with E-state index in [2.05, 4.69) is 5.32 Å². The van der Waals surface area contributed by atoms with Gasteiger partial charge in [0.05, 0.1) is 0 Å². The first kappa shape index (κ1) is 19.6. The summed E-state index contributed by atoms with van der Waals surface area (Å²) >= 11 is 5.95. The first-order valence-corrected chi connectivity index (χ1v) is 8.53. The Morgan fingerprint density at radius 3 is 2.64 bits per heavy atom. The van der Waals surface area contributed by atoms with E-state index >= 15 is 0 Å². The van der Waals surface area contributed by atoms with E-state index in [1.165, 1.54) is 0 Å². The number of nitrogens with zero attached hydrogens (tertiary/aromatic N) is 1. The predicted octanol–water partition coefficient (Wildman–Crippen LogP) is 4.38. The molecule has 0 saturated carbocycles. The molecule has 1 heterocycles. The molecule has 4 nitrogen and oxygen atoms in total. The summed E-state index contributed by atoms with van der Waals surface area (Å²) in [5, 5.41) is 3.88. The van der Waals surface area contributed by atoms with Gasteiger partial charge in [-0.15, -0.1) is 12.4 Å². The van der Waals surface area contributed by atoms with Gasteiger partial charge in [-0.2, -0.15) is 0 Å². The topological polar surface area (TPSA) is 41.6 Å². The molecule has 2 aromatic carbocycles. The van der Waals surface area contributed by atoms with Crippen molar-refractivity contribution in [3.63, 3.8) is 0 Å². The highest BCUT2D eigenvalue weighted by molar-refractivity contribution is 6.30. The van der Waals surface area contributed by atoms with Gasteiger partial charge in [0.15, 0.2) is 0 Å². The van der Waals surface area contributed by atoms with Crippen LogP contribution >= 0.6 is 24.0 Å². The molecule has 1 aliphatic heterocycles. The van der Waals surface area contributed by atoms with Crippen LogP contribution in [0.25, 0.3) is 0 Å². The van der Waals surface area contributed by atoms with Crippen LogP contribution in [0.3, 0.4) is 0 Å². The molecule has 3 rings (SSSR count). The maximum atomic E-state index is 12.6. The van der Waals surface area contributed by atoms with Gasteiger partial charge in [-0.05, 0) is 62.4 Å². The Labute approximate surface area is 159 Å². The summed E-state index contributed by atoms with van der Waals surface area (Å²) in [6, 6.07) is 14.9. The molecule has 0 bridgehead atoms. The summed E-state index contributed by atoms with van der Waals surface area (Å²) in [4.78, 5) is 14.5. The zero-order chi connectivity index (χ0) is 16.9. The van der Waals surface area contributed by atoms with Crippen LogP contribution < -0.4 is 10.1 Å². The summed E-state index contributed by atoms with van der Waals surface area (Å²) in [6.45, 7) is 1.58. The van der Waals surface area contributed by atoms with E-state index in [4.69, 9.17) is 16.3 Å². The van der Waals surface area contributed by atoms with Gasteiger partial charge < -0.3 is 15.0 Å². The normalized spacial score (nSPS) is 16.9. The number of carbonyl (C=O) groups excluding carboxylic acids is 1. The minimum atomic E-state index is 0. The van der Waals surface area contributed by atoms with Crippen LogP contribution in [0.15, 0.2) is 48.5 Å². The van der Waals surface area contributed by atoms with E-state index < -0.39 is 0 Å². The molecular formula is C19H22Cl2N2O2. The molecule has 1 unspecified atom stereocenters. The van der Waals surface area contributed by atoms with Crippen molar-refractivity contribution in [1.29, 1.82) is 0 Å². The van der Waals surface area contributed by atoms with Gasteiger partial charge in [-0.1, -0.05) is 17.7 Å². The van der Waals surface area contributed by atoms with Crippen molar-refractivity contribution in [1.82, 2.24) is 10.2 Å². The summed E-state index contributed by atoms with van der Waals surface area (Å²) in [5.74, 6) is 1.43. The molecule has 134 valence electrons. The van der Waals surface area contributed by atoms with E-state index in [0.717, 1.165) is 25.9 Å². The highest BCUT2D eigenvalue weighted by Gasteiger charge is 2.23. The summed E-state index contributed by atoms with van der Waals surface area (Å²) in [5.41, 5.74) is 0.685. The summed E-state index contributed by atoms with van der Waals surface area (Å²) in [6.07, 6.45) is 2.15. The van der Waals surface area contributed by atoms with Crippen molar-refractivity contribution in [2.45, 2.75) is 18.9 Å². The standard InChI is InChI=1S/C19H21ClN2O2.ClH/c1-21-16-5-3-11-22(13-16)19(23)14-7-9-17(10-8-14)24-18-6-2-4-15(20)12-18;/h2,4,6-10,12,16,21H,3,5,11,13H2,1H3;1H. The van der Waals surface area contributed by atoms with Crippen molar-refractivity contribution in [2.75, 3.05) is 20.1 Å². The highest BCUT2D eigenvalue weighted by Crippen LogP contribution is 2.25. The quantitative estimate of drug-likeness (QED) is 0.855. The maximum Gasteiger partial charge on any atom is 0.253 e. The number of halogens is 2. The van der Waals surface area contributed by atoms with Crippen molar-refractivity contribution >= 4 is 29.9 Å². The Bertz CT molecular complexity index is 707. The fraction of sp³-hybridized carbons (Fsp3) is 0.316. The van der Waals surface area contributed by atoms with Crippen LogP contribution in [0.2, 0.25) is 5.02 Å². The highest BCUT2D eigenvalue weighted by atomic mass is 35.5. The fourth-order valence-corrected chi connectivity index (χ4v) is 3.09. The number of rotatable bonds is 4. The zero-order valence-corrected chi connectivity index (χ0v) is 15.6. The minimum Gasteiger partial charge on any atom is -0.457 e. The number of nitrogens with one attached hydrogen (secondary N) is 1. The van der Waals surface area contributed by atoms with Crippen LogP contribution in [0.1, 0.15) is 23.2 Å². The monoisotopic (exact) mass is 380 g/mol. The Morgan fingerprint density at radius 2 is 1.96 bits per heavy atom. The lowest BCUT2D eigenvalue weighted by atomic mass is 10.0. The average Bonchev–Trinajstić information content (AvgIpc) is 2.62. The Balaban J connectivity index is 0.00000225. The maximum absolute atomic E-state index is 12.6. The Hall–Kier alpha value is -1.75. The zero-order valence-electron chi connectivity index (χ0n) is 14.1. The number of hydrogen-bond acceptors (Lipinski definition) is 3. The van der Waals surface area contributed by atoms with Gasteiger partial charge >= 0.3 is 0 Å². The third-order valence-corrected chi connectivity index (χ3v) is 4.49. The van der Waals surface area contributed by atoms with Crippen LogP contribution in [0, 0.1) is 0 Å². The largest absolute Gasteiger partial charge is 0.457 e. The molecule has 2 aromatic rings. The summed E-state index contributed by atoms with van der Waals surface area (Å²) in [7, 11) is 1.95. The van der Waals surface area contributed by atoms with Crippen LogP contribution in [0.4, 0.5) is 0 Å². The molecule has 1 amide bonds. The molecule has 0 radical (unpaired) electrons. The lowest BCUT2D eigenvalue weighted by Gasteiger charge is -2.32. The lowest BCUT2D eigenvalue weighted by Crippen LogP contribution is -2.46. The van der Waals surface area contributed by atoms with E-state index in [0.29, 0.717) is 28.1 Å². The molecular weight excluding hydrogens is 359 g/mol. The molecule has 25 heavy (non-hydrogen) atoms. The molecule has 1 atom stereocenters. The average molecular weight is 381 g/mol. The predicted molar refractivity (Wildman–Crippen MR) is 103 cm³/mol. The van der Waals surface area contributed by atoms with E-state index in [9.17, 15) is 4.79 Å². The number of piperidine rings is 1. The third-order valence-electron chi connectivity index (χ3n) is 4.25. The van der Waals surface area contributed by atoms with E-state index in [1.54, 1.807) is 12.1 Å². The fourth-order valence-electron chi connectivity index (χ4n) is 2.91. The number of likely N-dealkylation sites (N-methyl/N-ethyl adjacent to an activating group) is 1. The molecule has 1 fully saturated rings. The van der Waals surface area contributed by atoms with Gasteiger partial charge in [0.25, 0.3) is 5.91 Å². The SMILES string of the molecule is CNC1CCCN(C(=O)c2ccc(Oc3cccc(Cl)c3)cc2)C1.Cl. The second-order valence-corrected chi connectivity index (χ2v) is 6.40. The van der Waals surface area contributed by atoms with Crippen molar-refractivity contribution in [3.05, 3.63) is 59.1 Å². The Kier molecular flexibility index (Phi) is 7.12. The number of carbonyl (C=O) groups is 1.